The zero-order valence-electron chi connectivity index (χ0n) is 9.55. The molecular formula is C10H7F3N4O2. The molecule has 0 N–H and O–H groups in total. The summed E-state index contributed by atoms with van der Waals surface area (Å²) < 4.78 is 40.9. The number of aromatic nitrogens is 3. The van der Waals surface area contributed by atoms with Crippen molar-refractivity contribution in [3.05, 3.63) is 29.8 Å². The highest BCUT2D eigenvalue weighted by atomic mass is 19.4. The minimum absolute atomic E-state index is 0.161. The Morgan fingerprint density at radius 1 is 1.37 bits per heavy atom. The van der Waals surface area contributed by atoms with Gasteiger partial charge in [0.05, 0.1) is 6.21 Å². The molecule has 0 saturated carbocycles. The second-order valence-electron chi connectivity index (χ2n) is 3.31. The maximum atomic E-state index is 12.3. The lowest BCUT2D eigenvalue weighted by Gasteiger charge is -1.96. The molecule has 0 spiro atoms. The number of rotatable bonds is 3. The van der Waals surface area contributed by atoms with Crippen LogP contribution in [-0.2, 0) is 11.0 Å². The van der Waals surface area contributed by atoms with Gasteiger partial charge in [-0.2, -0.15) is 18.2 Å². The average Bonchev–Trinajstić information content (AvgIpc) is 2.86. The molecule has 0 aliphatic carbocycles. The smallest absolute Gasteiger partial charge is 0.399 e. The van der Waals surface area contributed by atoms with Gasteiger partial charge in [0.25, 0.3) is 0 Å². The molecule has 9 heteroatoms. The van der Waals surface area contributed by atoms with Gasteiger partial charge in [-0.25, -0.2) is 0 Å². The lowest BCUT2D eigenvalue weighted by Crippen LogP contribution is -2.04. The van der Waals surface area contributed by atoms with E-state index in [1.54, 1.807) is 6.07 Å². The van der Waals surface area contributed by atoms with Gasteiger partial charge >= 0.3 is 12.1 Å². The van der Waals surface area contributed by atoms with Gasteiger partial charge in [0.2, 0.25) is 5.82 Å². The van der Waals surface area contributed by atoms with E-state index >= 15 is 0 Å². The van der Waals surface area contributed by atoms with E-state index in [2.05, 4.69) is 29.6 Å². The van der Waals surface area contributed by atoms with Crippen LogP contribution in [0.5, 0.6) is 0 Å². The Bertz CT molecular complexity index is 577. The van der Waals surface area contributed by atoms with Crippen LogP contribution in [0.1, 0.15) is 11.5 Å². The van der Waals surface area contributed by atoms with Crippen LogP contribution in [0.2, 0.25) is 0 Å². The van der Waals surface area contributed by atoms with Crippen molar-refractivity contribution < 1.29 is 22.5 Å². The summed E-state index contributed by atoms with van der Waals surface area (Å²) in [4.78, 5) is 11.6. The maximum absolute atomic E-state index is 12.3. The van der Waals surface area contributed by atoms with Crippen LogP contribution in [0.3, 0.4) is 0 Å². The highest BCUT2D eigenvalue weighted by Crippen LogP contribution is 2.28. The molecule has 0 fully saturated rings. The molecule has 0 aromatic carbocycles. The summed E-state index contributed by atoms with van der Waals surface area (Å²) in [5.74, 6) is -1.64. The summed E-state index contributed by atoms with van der Waals surface area (Å²) in [5.41, 5.74) is 0.777. The molecule has 0 atom stereocenters. The van der Waals surface area contributed by atoms with E-state index < -0.39 is 12.1 Å². The van der Waals surface area contributed by atoms with E-state index in [0.717, 1.165) is 0 Å². The van der Waals surface area contributed by atoms with Gasteiger partial charge in [-0.05, 0) is 12.1 Å². The third kappa shape index (κ3) is 3.06. The molecule has 6 nitrogen and oxygen atoms in total. The summed E-state index contributed by atoms with van der Waals surface area (Å²) in [6.07, 6.45) is -1.88. The predicted molar refractivity (Wildman–Crippen MR) is 57.1 cm³/mol. The second kappa shape index (κ2) is 5.04. The zero-order chi connectivity index (χ0) is 13.9. The number of hydrogen-bond acceptors (Lipinski definition) is 6. The molecule has 0 saturated heterocycles. The standard InChI is InChI=1S/C10H7F3N4O2/c1-18-15-5-6-2-3-7(14-4-6)8-16-9(19-17-8)10(11,12)13/h2-5H,1H3. The minimum atomic E-state index is -4.67. The van der Waals surface area contributed by atoms with Crippen LogP contribution in [0.4, 0.5) is 13.2 Å². The highest BCUT2D eigenvalue weighted by molar-refractivity contribution is 5.79. The first kappa shape index (κ1) is 13.0. The van der Waals surface area contributed by atoms with Gasteiger partial charge in [0.15, 0.2) is 0 Å². The van der Waals surface area contributed by atoms with Gasteiger partial charge in [-0.3, -0.25) is 4.98 Å². The Morgan fingerprint density at radius 2 is 2.16 bits per heavy atom. The first-order valence-corrected chi connectivity index (χ1v) is 4.94. The van der Waals surface area contributed by atoms with Gasteiger partial charge in [-0.1, -0.05) is 10.3 Å². The maximum Gasteiger partial charge on any atom is 0.471 e. The first-order valence-electron chi connectivity index (χ1n) is 4.94. The van der Waals surface area contributed by atoms with E-state index in [1.807, 2.05) is 0 Å². The predicted octanol–water partition coefficient (Wildman–Crippen LogP) is 2.13. The summed E-state index contributed by atoms with van der Waals surface area (Å²) >= 11 is 0. The van der Waals surface area contributed by atoms with E-state index in [9.17, 15) is 13.2 Å². The molecule has 2 aromatic heterocycles. The lowest BCUT2D eigenvalue weighted by atomic mass is 10.2. The lowest BCUT2D eigenvalue weighted by molar-refractivity contribution is -0.159. The van der Waals surface area contributed by atoms with E-state index in [1.165, 1.54) is 25.6 Å². The Morgan fingerprint density at radius 3 is 2.68 bits per heavy atom. The Labute approximate surface area is 104 Å². The molecule has 2 rings (SSSR count). The van der Waals surface area contributed by atoms with Gasteiger partial charge in [-0.15, -0.1) is 0 Å². The van der Waals surface area contributed by atoms with Gasteiger partial charge in [0.1, 0.15) is 12.8 Å². The highest BCUT2D eigenvalue weighted by Gasteiger charge is 2.38. The third-order valence-electron chi connectivity index (χ3n) is 1.99. The summed E-state index contributed by atoms with van der Waals surface area (Å²) in [6.45, 7) is 0. The number of halogens is 3. The van der Waals surface area contributed by atoms with Crippen LogP contribution in [0, 0.1) is 0 Å². The van der Waals surface area contributed by atoms with Crippen molar-refractivity contribution >= 4 is 6.21 Å². The minimum Gasteiger partial charge on any atom is -0.399 e. The molecule has 100 valence electrons. The van der Waals surface area contributed by atoms with Crippen LogP contribution in [-0.4, -0.2) is 28.4 Å². The average molecular weight is 272 g/mol. The van der Waals surface area contributed by atoms with Crippen molar-refractivity contribution in [3.8, 4) is 11.5 Å². The van der Waals surface area contributed by atoms with E-state index in [-0.39, 0.29) is 11.5 Å². The summed E-state index contributed by atoms with van der Waals surface area (Å²) in [6, 6.07) is 3.02. The first-order chi connectivity index (χ1) is 9.00. The van der Waals surface area contributed by atoms with Gasteiger partial charge < -0.3 is 9.36 Å². The van der Waals surface area contributed by atoms with E-state index in [4.69, 9.17) is 0 Å². The van der Waals surface area contributed by atoms with Gasteiger partial charge in [0, 0.05) is 11.8 Å². The van der Waals surface area contributed by atoms with Crippen molar-refractivity contribution in [3.63, 3.8) is 0 Å². The Kier molecular flexibility index (Phi) is 3.45. The molecule has 0 aliphatic heterocycles. The van der Waals surface area contributed by atoms with Crippen molar-refractivity contribution in [1.82, 2.24) is 15.1 Å². The SMILES string of the molecule is CON=Cc1ccc(-c2noc(C(F)(F)F)n2)nc1. The molecule has 0 radical (unpaired) electrons. The molecule has 2 aromatic rings. The molecule has 19 heavy (non-hydrogen) atoms. The van der Waals surface area contributed by atoms with Crippen LogP contribution >= 0.6 is 0 Å². The Balaban J connectivity index is 2.23. The monoisotopic (exact) mass is 272 g/mol. The van der Waals surface area contributed by atoms with Crippen molar-refractivity contribution in [2.24, 2.45) is 5.16 Å². The largest absolute Gasteiger partial charge is 0.471 e. The molecule has 2 heterocycles. The fourth-order valence-electron chi connectivity index (χ4n) is 1.17. The Hall–Kier alpha value is -2.45. The fraction of sp³-hybridized carbons (Fsp3) is 0.200. The second-order valence-corrected chi connectivity index (χ2v) is 3.31. The number of alkyl halides is 3. The molecule has 0 aliphatic rings. The fourth-order valence-corrected chi connectivity index (χ4v) is 1.17. The van der Waals surface area contributed by atoms with Crippen molar-refractivity contribution in [1.29, 1.82) is 0 Å². The number of nitrogens with zero attached hydrogens (tertiary/aromatic N) is 4. The summed E-state index contributed by atoms with van der Waals surface area (Å²) in [7, 11) is 1.39. The summed E-state index contributed by atoms with van der Waals surface area (Å²) in [5, 5.41) is 6.74. The normalized spacial score (nSPS) is 12.0. The van der Waals surface area contributed by atoms with Crippen molar-refractivity contribution in [2.75, 3.05) is 7.11 Å². The molecule has 0 amide bonds. The topological polar surface area (TPSA) is 73.4 Å². The van der Waals surface area contributed by atoms with Crippen molar-refractivity contribution in [2.45, 2.75) is 6.18 Å². The molecule has 0 unspecified atom stereocenters. The van der Waals surface area contributed by atoms with Crippen LogP contribution < -0.4 is 0 Å². The van der Waals surface area contributed by atoms with Crippen LogP contribution in [0.15, 0.2) is 28.0 Å². The zero-order valence-corrected chi connectivity index (χ0v) is 9.55. The third-order valence-corrected chi connectivity index (χ3v) is 1.99. The van der Waals surface area contributed by atoms with Crippen LogP contribution in [0.25, 0.3) is 11.5 Å². The van der Waals surface area contributed by atoms with E-state index in [0.29, 0.717) is 5.56 Å². The number of hydrogen-bond donors (Lipinski definition) is 0. The quantitative estimate of drug-likeness (QED) is 0.632. The molecular weight excluding hydrogens is 265 g/mol. The number of oxime groups is 1. The molecule has 0 bridgehead atoms. The number of pyridine rings is 1.